The fourth-order valence-corrected chi connectivity index (χ4v) is 4.15. The first-order valence-electron chi connectivity index (χ1n) is 9.24. The van der Waals surface area contributed by atoms with Crippen molar-refractivity contribution < 1.29 is 14.7 Å². The highest BCUT2D eigenvalue weighted by molar-refractivity contribution is 7.15. The summed E-state index contributed by atoms with van der Waals surface area (Å²) in [7, 11) is 0. The molecule has 0 radical (unpaired) electrons. The molecule has 9 heteroatoms. The average molecular weight is 382 g/mol. The lowest BCUT2D eigenvalue weighted by molar-refractivity contribution is -0.139. The Labute approximate surface area is 157 Å². The fraction of sp³-hybridized carbons (Fsp3) is 0.765. The van der Waals surface area contributed by atoms with Crippen molar-refractivity contribution in [3.63, 3.8) is 0 Å². The topological polar surface area (TPSA) is 107 Å². The molecule has 2 amide bonds. The Bertz CT molecular complexity index is 640. The molecule has 1 heterocycles. The van der Waals surface area contributed by atoms with Crippen LogP contribution in [0.2, 0.25) is 0 Å². The monoisotopic (exact) mass is 381 g/mol. The van der Waals surface area contributed by atoms with E-state index in [1.807, 2.05) is 0 Å². The minimum absolute atomic E-state index is 0.0820. The van der Waals surface area contributed by atoms with Crippen LogP contribution in [0.5, 0.6) is 0 Å². The Hall–Kier alpha value is -1.74. The number of hydrogen-bond acceptors (Lipinski definition) is 6. The van der Waals surface area contributed by atoms with Gasteiger partial charge in [0.1, 0.15) is 5.01 Å². The van der Waals surface area contributed by atoms with E-state index in [0.717, 1.165) is 30.8 Å². The number of carbonyl (C=O) groups is 2. The Morgan fingerprint density at radius 1 is 1.31 bits per heavy atom. The Balaban J connectivity index is 1.40. The van der Waals surface area contributed by atoms with Gasteiger partial charge < -0.3 is 10.4 Å². The molecule has 2 aliphatic carbocycles. The van der Waals surface area contributed by atoms with Crippen molar-refractivity contribution >= 4 is 28.5 Å². The second-order valence-corrected chi connectivity index (χ2v) is 8.85. The summed E-state index contributed by atoms with van der Waals surface area (Å²) in [6.45, 7) is 5.18. The highest BCUT2D eigenvalue weighted by Gasteiger charge is 2.37. The molecule has 1 aromatic heterocycles. The lowest BCUT2D eigenvalue weighted by Crippen LogP contribution is -2.55. The summed E-state index contributed by atoms with van der Waals surface area (Å²) in [5.41, 5.74) is 0. The molecular formula is C17H27N5O3S. The Kier molecular flexibility index (Phi) is 6.08. The summed E-state index contributed by atoms with van der Waals surface area (Å²) in [6, 6.07) is 0.0578. The molecule has 2 aliphatic rings. The van der Waals surface area contributed by atoms with Gasteiger partial charge in [-0.3, -0.25) is 15.0 Å². The first-order valence-corrected chi connectivity index (χ1v) is 10.1. The van der Waals surface area contributed by atoms with Crippen LogP contribution in [0.3, 0.4) is 0 Å². The number of amides is 2. The summed E-state index contributed by atoms with van der Waals surface area (Å²) in [5.74, 6) is 0.372. The Morgan fingerprint density at radius 2 is 2.04 bits per heavy atom. The normalized spacial score (nSPS) is 22.3. The van der Waals surface area contributed by atoms with E-state index in [1.54, 1.807) is 0 Å². The molecule has 0 unspecified atom stereocenters. The summed E-state index contributed by atoms with van der Waals surface area (Å²) >= 11 is 1.40. The Morgan fingerprint density at radius 3 is 2.65 bits per heavy atom. The molecule has 26 heavy (non-hydrogen) atoms. The molecule has 0 atom stereocenters. The van der Waals surface area contributed by atoms with Crippen molar-refractivity contribution in [3.05, 3.63) is 5.01 Å². The van der Waals surface area contributed by atoms with E-state index < -0.39 is 5.97 Å². The number of anilines is 1. The van der Waals surface area contributed by atoms with Gasteiger partial charge in [0.05, 0.1) is 6.54 Å². The van der Waals surface area contributed by atoms with E-state index in [-0.39, 0.29) is 24.7 Å². The molecule has 0 bridgehead atoms. The van der Waals surface area contributed by atoms with Crippen molar-refractivity contribution in [2.24, 2.45) is 11.8 Å². The molecule has 0 aromatic carbocycles. The van der Waals surface area contributed by atoms with Crippen LogP contribution in [-0.4, -0.2) is 57.4 Å². The van der Waals surface area contributed by atoms with Crippen LogP contribution < -0.4 is 10.6 Å². The minimum atomic E-state index is -0.784. The minimum Gasteiger partial charge on any atom is -0.480 e. The van der Waals surface area contributed by atoms with Crippen molar-refractivity contribution in [3.8, 4) is 0 Å². The molecule has 0 aliphatic heterocycles. The van der Waals surface area contributed by atoms with Gasteiger partial charge in [-0.25, -0.2) is 4.79 Å². The lowest BCUT2D eigenvalue weighted by atomic mass is 9.85. The van der Waals surface area contributed by atoms with Gasteiger partial charge in [0.15, 0.2) is 0 Å². The second kappa shape index (κ2) is 8.30. The molecule has 1 aromatic rings. The zero-order valence-corrected chi connectivity index (χ0v) is 16.1. The van der Waals surface area contributed by atoms with E-state index in [4.69, 9.17) is 5.11 Å². The zero-order chi connectivity index (χ0) is 18.7. The van der Waals surface area contributed by atoms with Crippen LogP contribution in [0, 0.1) is 11.8 Å². The predicted molar refractivity (Wildman–Crippen MR) is 99.3 cm³/mol. The van der Waals surface area contributed by atoms with Crippen LogP contribution in [0.4, 0.5) is 9.93 Å². The third-order valence-electron chi connectivity index (χ3n) is 4.76. The largest absolute Gasteiger partial charge is 0.480 e. The number of nitrogens with one attached hydrogen (secondary N) is 2. The predicted octanol–water partition coefficient (Wildman–Crippen LogP) is 2.19. The van der Waals surface area contributed by atoms with Gasteiger partial charge in [-0.2, -0.15) is 0 Å². The van der Waals surface area contributed by atoms with Crippen molar-refractivity contribution in [1.29, 1.82) is 0 Å². The number of hydrogen-bond donors (Lipinski definition) is 3. The van der Waals surface area contributed by atoms with E-state index >= 15 is 0 Å². The van der Waals surface area contributed by atoms with E-state index in [2.05, 4.69) is 39.6 Å². The van der Waals surface area contributed by atoms with Gasteiger partial charge in [-0.1, -0.05) is 25.2 Å². The molecule has 3 rings (SSSR count). The van der Waals surface area contributed by atoms with Crippen LogP contribution >= 0.6 is 11.3 Å². The lowest BCUT2D eigenvalue weighted by Gasteiger charge is -2.42. The smallest absolute Gasteiger partial charge is 0.321 e. The van der Waals surface area contributed by atoms with E-state index in [0.29, 0.717) is 17.0 Å². The molecule has 0 saturated heterocycles. The molecule has 2 fully saturated rings. The van der Waals surface area contributed by atoms with E-state index in [9.17, 15) is 9.59 Å². The number of aromatic nitrogens is 2. The van der Waals surface area contributed by atoms with Gasteiger partial charge in [0.25, 0.3) is 0 Å². The second-order valence-electron chi connectivity index (χ2n) is 7.79. The van der Waals surface area contributed by atoms with Gasteiger partial charge in [0, 0.05) is 25.0 Å². The molecule has 3 N–H and O–H groups in total. The number of aliphatic carboxylic acids is 1. The highest BCUT2D eigenvalue weighted by Crippen LogP contribution is 2.33. The standard InChI is InChI=1S/C17H27N5O3S/c1-10(2)5-14-20-21-17(26-14)19-16(25)18-12-6-13(7-12)22(9-15(23)24)8-11-3-4-11/h10-13H,3-9H2,1-2H3,(H,23,24)(H2,18,19,21,25). The number of urea groups is 1. The van der Waals surface area contributed by atoms with E-state index in [1.165, 1.54) is 24.2 Å². The molecular weight excluding hydrogens is 354 g/mol. The first kappa shape index (κ1) is 19.0. The van der Waals surface area contributed by atoms with Crippen LogP contribution in [0.15, 0.2) is 0 Å². The quantitative estimate of drug-likeness (QED) is 0.605. The van der Waals surface area contributed by atoms with Crippen molar-refractivity contribution in [2.75, 3.05) is 18.4 Å². The third-order valence-corrected chi connectivity index (χ3v) is 5.62. The van der Waals surface area contributed by atoms with Gasteiger partial charge in [-0.15, -0.1) is 10.2 Å². The fourth-order valence-electron chi connectivity index (χ4n) is 3.21. The summed E-state index contributed by atoms with van der Waals surface area (Å²) in [6.07, 6.45) is 4.84. The number of rotatable bonds is 9. The van der Waals surface area contributed by atoms with Gasteiger partial charge >= 0.3 is 12.0 Å². The van der Waals surface area contributed by atoms with Gasteiger partial charge in [0.2, 0.25) is 5.13 Å². The SMILES string of the molecule is CC(C)Cc1nnc(NC(=O)NC2CC(N(CC(=O)O)CC3CC3)C2)s1. The summed E-state index contributed by atoms with van der Waals surface area (Å²) in [4.78, 5) is 25.2. The van der Waals surface area contributed by atoms with Gasteiger partial charge in [-0.05, 0) is 37.5 Å². The van der Waals surface area contributed by atoms with Crippen LogP contribution in [0.25, 0.3) is 0 Å². The van der Waals surface area contributed by atoms with Crippen LogP contribution in [-0.2, 0) is 11.2 Å². The summed E-state index contributed by atoms with van der Waals surface area (Å²) in [5, 5.41) is 24.3. The maximum absolute atomic E-state index is 12.1. The van der Waals surface area contributed by atoms with Crippen molar-refractivity contribution in [1.82, 2.24) is 20.4 Å². The maximum atomic E-state index is 12.1. The number of carboxylic acid groups (broad SMARTS) is 1. The molecule has 8 nitrogen and oxygen atoms in total. The third kappa shape index (κ3) is 5.63. The number of nitrogens with zero attached hydrogens (tertiary/aromatic N) is 3. The molecule has 0 spiro atoms. The zero-order valence-electron chi connectivity index (χ0n) is 15.3. The highest BCUT2D eigenvalue weighted by atomic mass is 32.1. The summed E-state index contributed by atoms with van der Waals surface area (Å²) < 4.78 is 0. The molecule has 144 valence electrons. The molecule has 2 saturated carbocycles. The number of carboxylic acids is 1. The van der Waals surface area contributed by atoms with Crippen molar-refractivity contribution in [2.45, 2.75) is 58.0 Å². The average Bonchev–Trinajstić information content (AvgIpc) is 3.20. The number of carbonyl (C=O) groups excluding carboxylic acids is 1. The van der Waals surface area contributed by atoms with Crippen LogP contribution in [0.1, 0.15) is 44.5 Å². The maximum Gasteiger partial charge on any atom is 0.321 e. The first-order chi connectivity index (χ1) is 12.4.